The first kappa shape index (κ1) is 32.2. The van der Waals surface area contributed by atoms with E-state index in [1.807, 2.05) is 4.90 Å². The van der Waals surface area contributed by atoms with Crippen LogP contribution in [0.25, 0.3) is 0 Å². The molecule has 0 saturated carbocycles. The molecule has 4 amide bonds. The van der Waals surface area contributed by atoms with Crippen LogP contribution in [0.15, 0.2) is 59.1 Å². The first-order valence-corrected chi connectivity index (χ1v) is 14.8. The van der Waals surface area contributed by atoms with Gasteiger partial charge in [-0.1, -0.05) is 18.2 Å². The van der Waals surface area contributed by atoms with Crippen LogP contribution in [0.5, 0.6) is 5.75 Å². The van der Waals surface area contributed by atoms with E-state index in [1.165, 1.54) is 18.2 Å². The van der Waals surface area contributed by atoms with Crippen molar-refractivity contribution in [2.45, 2.75) is 19.8 Å². The highest BCUT2D eigenvalue weighted by atomic mass is 16.3. The number of nitrogens with zero attached hydrogens (tertiary/aromatic N) is 2. The first-order chi connectivity index (χ1) is 21.6. The van der Waals surface area contributed by atoms with Crippen molar-refractivity contribution in [3.8, 4) is 5.75 Å². The molecule has 0 aliphatic heterocycles. The number of hydrogen-bond donors (Lipinski definition) is 7. The fourth-order valence-corrected chi connectivity index (χ4v) is 7.22. The Hall–Kier alpha value is -5.17. The van der Waals surface area contributed by atoms with Gasteiger partial charge in [-0.15, -0.1) is 0 Å². The summed E-state index contributed by atoms with van der Waals surface area (Å²) < 4.78 is 0. The summed E-state index contributed by atoms with van der Waals surface area (Å²) in [6.45, 7) is 1.86. The molecule has 0 aromatic heterocycles. The van der Waals surface area contributed by atoms with Gasteiger partial charge in [0.1, 0.15) is 11.5 Å². The summed E-state index contributed by atoms with van der Waals surface area (Å²) in [7, 11) is 7.08. The Kier molecular flexibility index (Phi) is 8.16. The Balaban J connectivity index is 1.59. The van der Waals surface area contributed by atoms with Crippen molar-refractivity contribution in [1.82, 2.24) is 10.2 Å². The molecule has 4 atom stereocenters. The zero-order chi connectivity index (χ0) is 33.8. The maximum Gasteiger partial charge on any atom is 0.326 e. The molecular weight excluding hydrogens is 592 g/mol. The average molecular weight is 631 g/mol. The number of fused-ring (bicyclic) bond motifs is 3. The van der Waals surface area contributed by atoms with Crippen molar-refractivity contribution < 1.29 is 34.5 Å². The maximum absolute atomic E-state index is 14.3. The van der Waals surface area contributed by atoms with Crippen LogP contribution in [0.1, 0.15) is 39.6 Å². The summed E-state index contributed by atoms with van der Waals surface area (Å²) >= 11 is 0. The van der Waals surface area contributed by atoms with E-state index < -0.39 is 58.3 Å². The summed E-state index contributed by atoms with van der Waals surface area (Å²) in [6.07, 6.45) is 0.512. The number of primary amides is 1. The molecule has 46 heavy (non-hydrogen) atoms. The number of carbonyl (C=O) groups is 4. The van der Waals surface area contributed by atoms with Crippen molar-refractivity contribution in [2.75, 3.05) is 45.0 Å². The van der Waals surface area contributed by atoms with Gasteiger partial charge in [-0.25, -0.2) is 4.79 Å². The monoisotopic (exact) mass is 630 g/mol. The lowest BCUT2D eigenvalue weighted by atomic mass is 9.52. The number of benzene rings is 2. The van der Waals surface area contributed by atoms with Gasteiger partial charge in [0.15, 0.2) is 11.5 Å². The Morgan fingerprint density at radius 2 is 1.74 bits per heavy atom. The lowest BCUT2D eigenvalue weighted by molar-refractivity contribution is -0.114. The number of anilines is 2. The second-order valence-electron chi connectivity index (χ2n) is 12.7. The largest absolute Gasteiger partial charge is 0.511 e. The van der Waals surface area contributed by atoms with E-state index in [4.69, 9.17) is 11.1 Å². The number of aromatic hydroxyl groups is 1. The molecule has 0 spiro atoms. The third-order valence-corrected chi connectivity index (χ3v) is 9.41. The summed E-state index contributed by atoms with van der Waals surface area (Å²) in [5.41, 5.74) is 4.29. The zero-order valence-electron chi connectivity index (χ0n) is 26.3. The number of nitrogens with two attached hydrogens (primary N) is 1. The molecule has 0 heterocycles. The fourth-order valence-electron chi connectivity index (χ4n) is 7.22. The molecule has 3 aliphatic carbocycles. The number of allylic oxidation sites excluding steroid dienone is 2. The van der Waals surface area contributed by atoms with Gasteiger partial charge in [0.2, 0.25) is 0 Å². The Morgan fingerprint density at radius 3 is 2.33 bits per heavy atom. The molecule has 1 unspecified atom stereocenters. The predicted molar refractivity (Wildman–Crippen MR) is 171 cm³/mol. The van der Waals surface area contributed by atoms with Gasteiger partial charge >= 0.3 is 6.03 Å². The number of hydrogen-bond acceptors (Lipinski definition) is 10. The van der Waals surface area contributed by atoms with Gasteiger partial charge in [0, 0.05) is 43.4 Å². The maximum atomic E-state index is 14.3. The number of phenols is 1. The van der Waals surface area contributed by atoms with Crippen molar-refractivity contribution in [1.29, 1.82) is 5.41 Å². The third-order valence-electron chi connectivity index (χ3n) is 9.41. The number of amides is 4. The van der Waals surface area contributed by atoms with Crippen LogP contribution in [0.4, 0.5) is 16.2 Å². The Bertz CT molecular complexity index is 1750. The summed E-state index contributed by atoms with van der Waals surface area (Å²) in [5, 5.41) is 48.1. The van der Waals surface area contributed by atoms with Gasteiger partial charge < -0.3 is 41.6 Å². The van der Waals surface area contributed by atoms with Gasteiger partial charge in [0.05, 0.1) is 28.0 Å². The fraction of sp³-hybridized carbons (Fsp3) is 0.364. The van der Waals surface area contributed by atoms with Crippen LogP contribution < -0.4 is 21.3 Å². The highest BCUT2D eigenvalue weighted by molar-refractivity contribution is 6.24. The van der Waals surface area contributed by atoms with E-state index in [0.29, 0.717) is 17.8 Å². The first-order valence-electron chi connectivity index (χ1n) is 14.8. The van der Waals surface area contributed by atoms with Crippen LogP contribution in [0, 0.1) is 28.6 Å². The highest BCUT2D eigenvalue weighted by Gasteiger charge is 2.59. The van der Waals surface area contributed by atoms with Crippen LogP contribution in [0.3, 0.4) is 0 Å². The molecular formula is C33H38N6O7. The predicted octanol–water partition coefficient (Wildman–Crippen LogP) is 3.12. The van der Waals surface area contributed by atoms with Gasteiger partial charge in [-0.05, 0) is 69.5 Å². The zero-order valence-corrected chi connectivity index (χ0v) is 26.3. The van der Waals surface area contributed by atoms with Crippen LogP contribution in [-0.2, 0) is 11.2 Å². The molecule has 2 aromatic carbocycles. The number of nitrogens with one attached hydrogen (secondary N) is 3. The SMILES string of the molecule is CN(C)C[C@@H]1C(O)=C(C(N)=O)C(=N)[C@@]2(C)C(O)=C3C(=O)c4c(O)c(NC(=O)NC(=O)c5ccccc5)cc(N(C)C)c4C[C@H]3CC12. The molecule has 0 bridgehead atoms. The number of phenolic OH excluding ortho intramolecular Hbond substituents is 1. The van der Waals surface area contributed by atoms with Gasteiger partial charge in [-0.2, -0.15) is 0 Å². The van der Waals surface area contributed by atoms with E-state index in [1.54, 1.807) is 58.2 Å². The van der Waals surface area contributed by atoms with E-state index in [0.717, 1.165) is 0 Å². The van der Waals surface area contributed by atoms with Crippen molar-refractivity contribution >= 4 is 40.7 Å². The minimum Gasteiger partial charge on any atom is -0.511 e. The van der Waals surface area contributed by atoms with Gasteiger partial charge in [0.25, 0.3) is 11.8 Å². The summed E-state index contributed by atoms with van der Waals surface area (Å²) in [6, 6.07) is 8.66. The number of aliphatic hydroxyl groups is 2. The van der Waals surface area contributed by atoms with Crippen molar-refractivity contribution in [2.24, 2.45) is 28.9 Å². The lowest BCUT2D eigenvalue weighted by Gasteiger charge is -2.52. The lowest BCUT2D eigenvalue weighted by Crippen LogP contribution is -2.55. The second-order valence-corrected chi connectivity index (χ2v) is 12.7. The number of urea groups is 1. The van der Waals surface area contributed by atoms with E-state index in [-0.39, 0.29) is 52.3 Å². The van der Waals surface area contributed by atoms with Crippen molar-refractivity contribution in [3.05, 3.63) is 75.8 Å². The molecule has 13 nitrogen and oxygen atoms in total. The normalized spacial score (nSPS) is 23.8. The Labute approximate surface area is 265 Å². The van der Waals surface area contributed by atoms with Crippen LogP contribution in [0.2, 0.25) is 0 Å². The average Bonchev–Trinajstić information content (AvgIpc) is 2.98. The molecule has 0 radical (unpaired) electrons. The van der Waals surface area contributed by atoms with E-state index >= 15 is 0 Å². The van der Waals surface area contributed by atoms with Crippen LogP contribution in [-0.4, -0.2) is 84.3 Å². The molecule has 5 rings (SSSR count). The smallest absolute Gasteiger partial charge is 0.326 e. The Morgan fingerprint density at radius 1 is 1.09 bits per heavy atom. The number of rotatable bonds is 6. The number of Topliss-reactive ketones (excluding diaryl/α,β-unsaturated/α-hetero) is 1. The number of carbonyl (C=O) groups excluding carboxylic acids is 4. The molecule has 3 aliphatic rings. The minimum atomic E-state index is -1.54. The minimum absolute atomic E-state index is 0.00863. The van der Waals surface area contributed by atoms with Crippen molar-refractivity contribution in [3.63, 3.8) is 0 Å². The molecule has 2 aromatic rings. The second kappa shape index (κ2) is 11.6. The van der Waals surface area contributed by atoms with Gasteiger partial charge in [-0.3, -0.25) is 19.7 Å². The molecule has 242 valence electrons. The standard InChI is InChI=1S/C33H38N6O7/c1-33-19(18(14-38(2)3)25(40)24(28(33)34)30(35)44)12-16-11-17-21(39(4)5)13-20(26(41)23(17)27(42)22(16)29(33)43)36-32(46)37-31(45)15-9-7-6-8-10-15/h6-10,13,16,18-19,34,40-41,43H,11-12,14H2,1-5H3,(H2,35,44)(H2,36,37,45,46)/t16-,18-,19?,33-/m0/s1. The molecule has 0 saturated heterocycles. The molecule has 13 heteroatoms. The van der Waals surface area contributed by atoms with E-state index in [9.17, 15) is 34.5 Å². The third kappa shape index (κ3) is 5.06. The number of imide groups is 1. The highest BCUT2D eigenvalue weighted by Crippen LogP contribution is 2.58. The summed E-state index contributed by atoms with van der Waals surface area (Å²) in [5.74, 6) is -5.40. The molecule has 8 N–H and O–H groups in total. The van der Waals surface area contributed by atoms with E-state index in [2.05, 4.69) is 10.6 Å². The number of ketones is 1. The van der Waals surface area contributed by atoms with Crippen LogP contribution >= 0.6 is 0 Å². The number of aliphatic hydroxyl groups excluding tert-OH is 2. The quantitative estimate of drug-likeness (QED) is 0.234. The molecule has 0 fully saturated rings. The summed E-state index contributed by atoms with van der Waals surface area (Å²) in [4.78, 5) is 55.7. The topological polar surface area (TPSA) is 209 Å².